The molecule has 24 heavy (non-hydrogen) atoms. The van der Waals surface area contributed by atoms with Crippen LogP contribution >= 0.6 is 23.2 Å². The SMILES string of the molecule is Cc1cc(C(=O)Nc2cccc(Cl)c2Cl)nc(NCCC(C)C)n1. The molecule has 0 saturated heterocycles. The van der Waals surface area contributed by atoms with Gasteiger partial charge in [-0.2, -0.15) is 0 Å². The molecule has 1 aromatic heterocycles. The normalized spacial score (nSPS) is 10.8. The molecule has 0 spiro atoms. The molecule has 0 saturated carbocycles. The fraction of sp³-hybridized carbons (Fsp3) is 0.353. The molecule has 0 aliphatic heterocycles. The number of nitrogens with one attached hydrogen (secondary N) is 2. The number of rotatable bonds is 6. The van der Waals surface area contributed by atoms with Crippen molar-refractivity contribution in [2.24, 2.45) is 5.92 Å². The second kappa shape index (κ2) is 8.31. The minimum atomic E-state index is -0.364. The molecule has 1 aromatic carbocycles. The Kier molecular flexibility index (Phi) is 6.40. The van der Waals surface area contributed by atoms with Gasteiger partial charge in [-0.3, -0.25) is 4.79 Å². The topological polar surface area (TPSA) is 66.9 Å². The van der Waals surface area contributed by atoms with E-state index in [-0.39, 0.29) is 11.6 Å². The molecule has 5 nitrogen and oxygen atoms in total. The van der Waals surface area contributed by atoms with Gasteiger partial charge in [-0.1, -0.05) is 43.1 Å². The minimum Gasteiger partial charge on any atom is -0.354 e. The lowest BCUT2D eigenvalue weighted by Gasteiger charge is -2.11. The van der Waals surface area contributed by atoms with Crippen LogP contribution in [0.2, 0.25) is 10.0 Å². The van der Waals surface area contributed by atoms with Gasteiger partial charge in [0.2, 0.25) is 5.95 Å². The van der Waals surface area contributed by atoms with E-state index in [1.54, 1.807) is 24.3 Å². The van der Waals surface area contributed by atoms with Crippen LogP contribution in [0.3, 0.4) is 0 Å². The number of halogens is 2. The Balaban J connectivity index is 2.14. The molecule has 128 valence electrons. The summed E-state index contributed by atoms with van der Waals surface area (Å²) in [7, 11) is 0. The summed E-state index contributed by atoms with van der Waals surface area (Å²) in [6.07, 6.45) is 0.997. The average Bonchev–Trinajstić information content (AvgIpc) is 2.51. The molecule has 0 aliphatic rings. The van der Waals surface area contributed by atoms with Gasteiger partial charge in [-0.25, -0.2) is 9.97 Å². The molecule has 0 atom stereocenters. The number of amides is 1. The fourth-order valence-corrected chi connectivity index (χ4v) is 2.37. The first-order valence-corrected chi connectivity index (χ1v) is 8.47. The van der Waals surface area contributed by atoms with Gasteiger partial charge in [0.1, 0.15) is 5.69 Å². The second-order valence-corrected chi connectivity index (χ2v) is 6.67. The molecule has 1 amide bonds. The Hall–Kier alpha value is -1.85. The van der Waals surface area contributed by atoms with Gasteiger partial charge in [-0.05, 0) is 37.5 Å². The molecule has 7 heteroatoms. The van der Waals surface area contributed by atoms with E-state index in [9.17, 15) is 4.79 Å². The van der Waals surface area contributed by atoms with Crippen molar-refractivity contribution in [3.05, 3.63) is 45.7 Å². The number of benzene rings is 1. The zero-order valence-electron chi connectivity index (χ0n) is 13.9. The van der Waals surface area contributed by atoms with E-state index in [1.165, 1.54) is 0 Å². The maximum Gasteiger partial charge on any atom is 0.274 e. The van der Waals surface area contributed by atoms with E-state index < -0.39 is 0 Å². The predicted molar refractivity (Wildman–Crippen MR) is 99.1 cm³/mol. The van der Waals surface area contributed by atoms with Crippen LogP contribution in [-0.4, -0.2) is 22.4 Å². The van der Waals surface area contributed by atoms with Crippen molar-refractivity contribution in [3.8, 4) is 0 Å². The summed E-state index contributed by atoms with van der Waals surface area (Å²) < 4.78 is 0. The number of carbonyl (C=O) groups excluding carboxylic acids is 1. The van der Waals surface area contributed by atoms with Crippen LogP contribution in [0.15, 0.2) is 24.3 Å². The van der Waals surface area contributed by atoms with Gasteiger partial charge >= 0.3 is 0 Å². The van der Waals surface area contributed by atoms with Crippen molar-refractivity contribution in [2.45, 2.75) is 27.2 Å². The highest BCUT2D eigenvalue weighted by atomic mass is 35.5. The first kappa shape index (κ1) is 18.5. The third-order valence-corrected chi connectivity index (χ3v) is 4.11. The molecular weight excluding hydrogens is 347 g/mol. The molecule has 1 heterocycles. The van der Waals surface area contributed by atoms with Crippen molar-refractivity contribution in [1.29, 1.82) is 0 Å². The monoisotopic (exact) mass is 366 g/mol. The highest BCUT2D eigenvalue weighted by Gasteiger charge is 2.13. The van der Waals surface area contributed by atoms with E-state index in [0.717, 1.165) is 13.0 Å². The second-order valence-electron chi connectivity index (χ2n) is 5.88. The van der Waals surface area contributed by atoms with E-state index in [1.807, 2.05) is 6.92 Å². The quantitative estimate of drug-likeness (QED) is 0.770. The summed E-state index contributed by atoms with van der Waals surface area (Å²) in [6, 6.07) is 6.68. The maximum absolute atomic E-state index is 12.4. The average molecular weight is 367 g/mol. The summed E-state index contributed by atoms with van der Waals surface area (Å²) in [5, 5.41) is 6.55. The van der Waals surface area contributed by atoms with Gasteiger partial charge in [0, 0.05) is 12.2 Å². The van der Waals surface area contributed by atoms with Crippen LogP contribution in [0.1, 0.15) is 36.5 Å². The molecule has 0 fully saturated rings. The molecule has 0 aliphatic carbocycles. The van der Waals surface area contributed by atoms with Crippen molar-refractivity contribution in [3.63, 3.8) is 0 Å². The number of nitrogens with zero attached hydrogens (tertiary/aromatic N) is 2. The number of hydrogen-bond donors (Lipinski definition) is 2. The van der Waals surface area contributed by atoms with Gasteiger partial charge < -0.3 is 10.6 Å². The van der Waals surface area contributed by atoms with Gasteiger partial charge in [0.15, 0.2) is 0 Å². The minimum absolute atomic E-state index is 0.269. The van der Waals surface area contributed by atoms with Crippen LogP contribution in [-0.2, 0) is 0 Å². The fourth-order valence-electron chi connectivity index (χ4n) is 2.02. The number of carbonyl (C=O) groups is 1. The van der Waals surface area contributed by atoms with Crippen molar-refractivity contribution in [2.75, 3.05) is 17.2 Å². The van der Waals surface area contributed by atoms with E-state index in [0.29, 0.717) is 33.3 Å². The van der Waals surface area contributed by atoms with Gasteiger partial charge in [0.05, 0.1) is 15.7 Å². The van der Waals surface area contributed by atoms with Crippen LogP contribution < -0.4 is 10.6 Å². The van der Waals surface area contributed by atoms with E-state index in [4.69, 9.17) is 23.2 Å². The Morgan fingerprint density at radius 2 is 2.00 bits per heavy atom. The third kappa shape index (κ3) is 5.08. The Morgan fingerprint density at radius 3 is 2.71 bits per heavy atom. The molecular formula is C17H20Cl2N4O. The van der Waals surface area contributed by atoms with Crippen LogP contribution in [0.4, 0.5) is 11.6 Å². The largest absolute Gasteiger partial charge is 0.354 e. The number of aryl methyl sites for hydroxylation is 1. The first-order valence-electron chi connectivity index (χ1n) is 7.71. The lowest BCUT2D eigenvalue weighted by molar-refractivity contribution is 0.102. The zero-order chi connectivity index (χ0) is 17.7. The number of anilines is 2. The molecule has 0 bridgehead atoms. The summed E-state index contributed by atoms with van der Waals surface area (Å²) in [6.45, 7) is 6.86. The Morgan fingerprint density at radius 1 is 1.25 bits per heavy atom. The predicted octanol–water partition coefficient (Wildman–Crippen LogP) is 4.80. The summed E-state index contributed by atoms with van der Waals surface area (Å²) >= 11 is 12.1. The van der Waals surface area contributed by atoms with Crippen molar-refractivity contribution >= 4 is 40.7 Å². The van der Waals surface area contributed by atoms with Crippen LogP contribution in [0.25, 0.3) is 0 Å². The Bertz CT molecular complexity index is 735. The molecule has 2 rings (SSSR count). The highest BCUT2D eigenvalue weighted by molar-refractivity contribution is 6.44. The molecule has 2 N–H and O–H groups in total. The molecule has 0 radical (unpaired) electrons. The van der Waals surface area contributed by atoms with Crippen molar-refractivity contribution < 1.29 is 4.79 Å². The summed E-state index contributed by atoms with van der Waals surface area (Å²) in [4.78, 5) is 21.0. The highest BCUT2D eigenvalue weighted by Crippen LogP contribution is 2.29. The van der Waals surface area contributed by atoms with Crippen molar-refractivity contribution in [1.82, 2.24) is 9.97 Å². The summed E-state index contributed by atoms with van der Waals surface area (Å²) in [5.41, 5.74) is 1.42. The van der Waals surface area contributed by atoms with Crippen LogP contribution in [0.5, 0.6) is 0 Å². The number of hydrogen-bond acceptors (Lipinski definition) is 4. The van der Waals surface area contributed by atoms with E-state index in [2.05, 4.69) is 34.4 Å². The lowest BCUT2D eigenvalue weighted by atomic mass is 10.1. The zero-order valence-corrected chi connectivity index (χ0v) is 15.4. The van der Waals surface area contributed by atoms with E-state index >= 15 is 0 Å². The first-order chi connectivity index (χ1) is 11.4. The van der Waals surface area contributed by atoms with Gasteiger partial charge in [-0.15, -0.1) is 0 Å². The lowest BCUT2D eigenvalue weighted by Crippen LogP contribution is -2.17. The third-order valence-electron chi connectivity index (χ3n) is 3.29. The molecule has 2 aromatic rings. The summed E-state index contributed by atoms with van der Waals surface area (Å²) in [5.74, 6) is 0.657. The standard InChI is InChI=1S/C17H20Cl2N4O/c1-10(2)7-8-20-17-21-11(3)9-14(23-17)16(24)22-13-6-4-5-12(18)15(13)19/h4-6,9-10H,7-8H2,1-3H3,(H,22,24)(H,20,21,23). The van der Waals surface area contributed by atoms with Gasteiger partial charge in [0.25, 0.3) is 5.91 Å². The van der Waals surface area contributed by atoms with Crippen LogP contribution in [0, 0.1) is 12.8 Å². The smallest absolute Gasteiger partial charge is 0.274 e. The maximum atomic E-state index is 12.4. The molecule has 0 unspecified atom stereocenters. The Labute approximate surface area is 151 Å². The number of aromatic nitrogens is 2.